The molecule has 3 aliphatic heterocycles. The molecule has 2 aromatic heterocycles. The number of benzene rings is 1. The van der Waals surface area contributed by atoms with Crippen LogP contribution in [0.25, 0.3) is 33.7 Å². The number of phosphoric ester groups is 2. The van der Waals surface area contributed by atoms with E-state index in [1.165, 1.54) is 21.7 Å². The first-order valence-corrected chi connectivity index (χ1v) is 18.4. The molecule has 0 amide bonds. The van der Waals surface area contributed by atoms with E-state index in [2.05, 4.69) is 34.0 Å². The van der Waals surface area contributed by atoms with Crippen molar-refractivity contribution in [1.29, 1.82) is 0 Å². The van der Waals surface area contributed by atoms with Gasteiger partial charge in [0.1, 0.15) is 42.1 Å². The van der Waals surface area contributed by atoms with Crippen LogP contribution in [-0.2, 0) is 33.8 Å². The largest absolute Gasteiger partial charge is 0.481 e. The Labute approximate surface area is 295 Å². The van der Waals surface area contributed by atoms with E-state index in [0.29, 0.717) is 5.52 Å². The van der Waals surface area contributed by atoms with Gasteiger partial charge in [0.25, 0.3) is 5.56 Å². The summed E-state index contributed by atoms with van der Waals surface area (Å²) in [7, 11) is -11.0. The number of aromatic nitrogens is 8. The molecule has 3 aromatic rings. The summed E-state index contributed by atoms with van der Waals surface area (Å²) in [5.74, 6) is -0.242. The number of ether oxygens (including phenoxy) is 1. The van der Waals surface area contributed by atoms with E-state index in [4.69, 9.17) is 15.0 Å². The van der Waals surface area contributed by atoms with Crippen molar-refractivity contribution < 1.29 is 62.5 Å². The summed E-state index contributed by atoms with van der Waals surface area (Å²) >= 11 is 0. The van der Waals surface area contributed by atoms with Gasteiger partial charge in [-0.2, -0.15) is 14.4 Å². The molecule has 0 bridgehead atoms. The Morgan fingerprint density at radius 2 is 1.72 bits per heavy atom. The van der Waals surface area contributed by atoms with Crippen LogP contribution in [0.4, 0.5) is 5.69 Å². The van der Waals surface area contributed by atoms with E-state index in [9.17, 15) is 54.0 Å². The van der Waals surface area contributed by atoms with E-state index in [0.717, 1.165) is 11.1 Å². The number of phosphoric acid groups is 2. The molecule has 0 aliphatic carbocycles. The van der Waals surface area contributed by atoms with Crippen LogP contribution >= 0.6 is 15.6 Å². The number of hydrogen-bond donors (Lipinski definition) is 9. The second-order valence-corrected chi connectivity index (χ2v) is 15.1. The molecule has 9 atom stereocenters. The summed E-state index contributed by atoms with van der Waals surface area (Å²) in [4.78, 5) is 58.8. The Kier molecular flexibility index (Phi) is 10.6. The standard InChI is InChI=1S/C27H33N9O15P2/c1-10-3-13-14(4-11(10)2)35(23-19(31-13)25(42)33-27(43)32-23)6-15(37)20(39)16(38)7-48-52(44,45)51-53(46,47)49-8-17-21(40)22(41)26(50-17)36-9-29-18-12(28)5-30-34-24(18)36/h3-5,9,15-17,20-22,26,37-41H,6-8H2,1-2H3,(H2,28,34)(H,44,45)(H,46,47)(H,33,42,43)/t15?,16?,17-,20?,21?,22+,26-/m1/s1. The highest BCUT2D eigenvalue weighted by Gasteiger charge is 2.46. The van der Waals surface area contributed by atoms with Gasteiger partial charge in [0.05, 0.1) is 49.0 Å². The van der Waals surface area contributed by atoms with Crippen molar-refractivity contribution in [3.8, 4) is 11.5 Å². The number of anilines is 1. The van der Waals surface area contributed by atoms with E-state index >= 15 is 0 Å². The monoisotopic (exact) mass is 785 g/mol. The third-order valence-electron chi connectivity index (χ3n) is 8.40. The summed E-state index contributed by atoms with van der Waals surface area (Å²) in [5, 5.41) is 60.6. The Morgan fingerprint density at radius 3 is 2.45 bits per heavy atom. The molecule has 53 heavy (non-hydrogen) atoms. The van der Waals surface area contributed by atoms with Gasteiger partial charge in [-0.3, -0.25) is 23.4 Å². The molecule has 1 saturated heterocycles. The summed E-state index contributed by atoms with van der Waals surface area (Å²) in [6.07, 6.45) is -9.85. The molecule has 10 N–H and O–H groups in total. The van der Waals surface area contributed by atoms with Crippen molar-refractivity contribution in [2.45, 2.75) is 63.2 Å². The van der Waals surface area contributed by atoms with Gasteiger partial charge in [-0.05, 0) is 37.1 Å². The van der Waals surface area contributed by atoms with Crippen molar-refractivity contribution >= 4 is 43.5 Å². The zero-order valence-corrected chi connectivity index (χ0v) is 29.3. The number of hydrogen-bond acceptors (Lipinski definition) is 19. The van der Waals surface area contributed by atoms with Crippen molar-refractivity contribution in [2.24, 2.45) is 0 Å². The van der Waals surface area contributed by atoms with Gasteiger partial charge in [0.2, 0.25) is 0 Å². The summed E-state index contributed by atoms with van der Waals surface area (Å²) < 4.78 is 46.5. The quantitative estimate of drug-likeness (QED) is 0.0443. The zero-order valence-electron chi connectivity index (χ0n) is 27.5. The first kappa shape index (κ1) is 38.6. The van der Waals surface area contributed by atoms with Crippen LogP contribution in [0.5, 0.6) is 0 Å². The molecule has 0 spiro atoms. The maximum atomic E-state index is 12.5. The molecule has 1 fully saturated rings. The maximum absolute atomic E-state index is 12.5. The molecule has 286 valence electrons. The third kappa shape index (κ3) is 7.91. The number of nitrogens with two attached hydrogens (primary N) is 1. The Morgan fingerprint density at radius 1 is 1.02 bits per heavy atom. The van der Waals surface area contributed by atoms with Gasteiger partial charge in [0, 0.05) is 0 Å². The first-order valence-electron chi connectivity index (χ1n) is 15.4. The second kappa shape index (κ2) is 14.6. The first-order chi connectivity index (χ1) is 24.9. The van der Waals surface area contributed by atoms with Crippen LogP contribution in [-0.4, -0.2) is 124 Å². The van der Waals surface area contributed by atoms with Gasteiger partial charge >= 0.3 is 21.3 Å². The SMILES string of the molecule is Cc1cc2nc3c(=O)[nH]c(=O)nc-3n(CC(O)C(O)C(O)COP(=O)(O)OP(=O)(O)OC[C@H]3O[C@@H](n4cnc5c(N)cnnc54)[C@@H](O)C3O)c2cc1C. The van der Waals surface area contributed by atoms with Crippen LogP contribution in [0.15, 0.2) is 34.2 Å². The van der Waals surface area contributed by atoms with Crippen LogP contribution in [0.3, 0.4) is 0 Å². The van der Waals surface area contributed by atoms with E-state index in [1.54, 1.807) is 26.0 Å². The van der Waals surface area contributed by atoms with Crippen LogP contribution < -0.4 is 17.0 Å². The second-order valence-electron chi connectivity index (χ2n) is 12.1. The lowest BCUT2D eigenvalue weighted by molar-refractivity contribution is -0.0794. The van der Waals surface area contributed by atoms with E-state index in [-0.39, 0.29) is 33.9 Å². The Balaban J connectivity index is 1.07. The molecule has 0 radical (unpaired) electrons. The highest BCUT2D eigenvalue weighted by Crippen LogP contribution is 2.60. The van der Waals surface area contributed by atoms with E-state index < -0.39 is 89.5 Å². The molecule has 26 heteroatoms. The maximum Gasteiger partial charge on any atom is 0.481 e. The summed E-state index contributed by atoms with van der Waals surface area (Å²) in [6.45, 7) is 0.791. The van der Waals surface area contributed by atoms with Crippen molar-refractivity contribution in [1.82, 2.24) is 39.3 Å². The number of aliphatic hydroxyl groups excluding tert-OH is 5. The number of rotatable bonds is 13. The number of aromatic amines is 1. The predicted octanol–water partition coefficient (Wildman–Crippen LogP) is -2.42. The highest BCUT2D eigenvalue weighted by molar-refractivity contribution is 7.61. The Hall–Kier alpha value is -4.13. The fourth-order valence-electron chi connectivity index (χ4n) is 5.55. The highest BCUT2D eigenvalue weighted by atomic mass is 31.3. The van der Waals surface area contributed by atoms with Crippen LogP contribution in [0.2, 0.25) is 0 Å². The average Bonchev–Trinajstić information content (AvgIpc) is 3.63. The Bertz CT molecular complexity index is 2350. The minimum absolute atomic E-state index is 0.0897. The summed E-state index contributed by atoms with van der Waals surface area (Å²) in [5.41, 5.74) is 6.32. The minimum atomic E-state index is -5.54. The van der Waals surface area contributed by atoms with Crippen LogP contribution in [0, 0.1) is 13.8 Å². The fraction of sp³-hybridized carbons (Fsp3) is 0.444. The zero-order chi connectivity index (χ0) is 38.6. The lowest BCUT2D eigenvalue weighted by Gasteiger charge is -2.26. The molecular weight excluding hydrogens is 752 g/mol. The summed E-state index contributed by atoms with van der Waals surface area (Å²) in [6, 6.07) is 3.29. The number of nitrogens with zero attached hydrogens (tertiary/aromatic N) is 7. The number of nitrogen functional groups attached to an aromatic ring is 1. The molecule has 0 saturated carbocycles. The molecule has 1 aromatic carbocycles. The number of nitrogens with one attached hydrogen (secondary N) is 1. The minimum Gasteiger partial charge on any atom is -0.396 e. The lowest BCUT2D eigenvalue weighted by atomic mass is 10.1. The predicted molar refractivity (Wildman–Crippen MR) is 177 cm³/mol. The molecular formula is C27H33N9O15P2. The van der Waals surface area contributed by atoms with E-state index in [1.807, 2.05) is 4.98 Å². The third-order valence-corrected chi connectivity index (χ3v) is 11.0. The van der Waals surface area contributed by atoms with Gasteiger partial charge in [-0.1, -0.05) is 0 Å². The van der Waals surface area contributed by atoms with Gasteiger partial charge < -0.3 is 50.4 Å². The smallest absolute Gasteiger partial charge is 0.396 e. The molecule has 3 aliphatic rings. The van der Waals surface area contributed by atoms with Crippen molar-refractivity contribution in [2.75, 3.05) is 18.9 Å². The van der Waals surface area contributed by atoms with Crippen molar-refractivity contribution in [3.05, 3.63) is 56.6 Å². The number of fused-ring (bicyclic) bond motifs is 3. The van der Waals surface area contributed by atoms with Gasteiger partial charge in [0.15, 0.2) is 23.4 Å². The number of aliphatic hydroxyl groups is 5. The van der Waals surface area contributed by atoms with Gasteiger partial charge in [-0.15, -0.1) is 5.10 Å². The number of H-pyrrole nitrogens is 1. The fourth-order valence-corrected chi connectivity index (χ4v) is 7.64. The van der Waals surface area contributed by atoms with Crippen molar-refractivity contribution in [3.63, 3.8) is 0 Å². The average molecular weight is 786 g/mol. The molecule has 6 rings (SSSR count). The molecule has 24 nitrogen and oxygen atoms in total. The van der Waals surface area contributed by atoms with Crippen LogP contribution in [0.1, 0.15) is 17.4 Å². The lowest BCUT2D eigenvalue weighted by Crippen LogP contribution is -2.42. The molecule has 5 heterocycles. The number of aryl methyl sites for hydroxylation is 2. The topological polar surface area (TPSA) is 363 Å². The molecule has 6 unspecified atom stereocenters. The number of imidazole rings is 1. The normalized spacial score (nSPS) is 23.3. The van der Waals surface area contributed by atoms with Gasteiger partial charge in [-0.25, -0.2) is 23.9 Å².